The van der Waals surface area contributed by atoms with Gasteiger partial charge in [0, 0.05) is 39.7 Å². The molecular formula is C22H16ClFN2O3S. The minimum atomic E-state index is -0.329. The normalized spacial score (nSPS) is 12.4. The Kier molecular flexibility index (Phi) is 5.83. The minimum absolute atomic E-state index is 0.273. The third kappa shape index (κ3) is 4.53. The Labute approximate surface area is 181 Å². The van der Waals surface area contributed by atoms with Crippen LogP contribution in [-0.2, 0) is 11.2 Å². The number of carbonyl (C=O) groups is 1. The van der Waals surface area contributed by atoms with Gasteiger partial charge in [-0.15, -0.1) is 11.3 Å². The Morgan fingerprint density at radius 2 is 2.10 bits per heavy atom. The molecule has 8 heteroatoms. The second-order valence-corrected chi connectivity index (χ2v) is 7.99. The van der Waals surface area contributed by atoms with E-state index in [0.29, 0.717) is 39.2 Å². The van der Waals surface area contributed by atoms with Crippen molar-refractivity contribution in [1.82, 2.24) is 4.98 Å². The molecular weight excluding hydrogens is 427 g/mol. The zero-order valence-corrected chi connectivity index (χ0v) is 17.4. The molecule has 1 aromatic heterocycles. The zero-order chi connectivity index (χ0) is 21.1. The van der Waals surface area contributed by atoms with Gasteiger partial charge in [0.1, 0.15) is 5.82 Å². The molecule has 0 bridgehead atoms. The van der Waals surface area contributed by atoms with Crippen molar-refractivity contribution in [3.05, 3.63) is 87.4 Å². The van der Waals surface area contributed by atoms with E-state index in [-0.39, 0.29) is 11.7 Å². The van der Waals surface area contributed by atoms with Gasteiger partial charge in [0.25, 0.3) is 5.91 Å². The highest BCUT2D eigenvalue weighted by molar-refractivity contribution is 7.15. The van der Waals surface area contributed by atoms with Crippen LogP contribution in [0.3, 0.4) is 0 Å². The maximum Gasteiger partial charge on any atom is 0.257 e. The van der Waals surface area contributed by atoms with E-state index in [2.05, 4.69) is 10.3 Å². The summed E-state index contributed by atoms with van der Waals surface area (Å²) >= 11 is 7.50. The van der Waals surface area contributed by atoms with Gasteiger partial charge in [-0.1, -0.05) is 23.7 Å². The number of hydrogen-bond donors (Lipinski definition) is 1. The van der Waals surface area contributed by atoms with E-state index in [1.165, 1.54) is 36.8 Å². The summed E-state index contributed by atoms with van der Waals surface area (Å²) in [5, 5.41) is 3.74. The van der Waals surface area contributed by atoms with Crippen molar-refractivity contribution in [2.24, 2.45) is 0 Å². The average Bonchev–Trinajstić information content (AvgIpc) is 3.04. The molecule has 0 unspecified atom stereocenters. The van der Waals surface area contributed by atoms with E-state index in [9.17, 15) is 9.18 Å². The predicted molar refractivity (Wildman–Crippen MR) is 116 cm³/mol. The van der Waals surface area contributed by atoms with Crippen molar-refractivity contribution in [3.63, 3.8) is 0 Å². The summed E-state index contributed by atoms with van der Waals surface area (Å²) < 4.78 is 23.9. The van der Waals surface area contributed by atoms with Crippen LogP contribution in [-0.4, -0.2) is 18.0 Å². The molecule has 3 aromatic rings. The van der Waals surface area contributed by atoms with Gasteiger partial charge in [-0.05, 0) is 35.9 Å². The minimum Gasteiger partial charge on any atom is -0.493 e. The number of nitrogens with zero attached hydrogens (tertiary/aromatic N) is 1. The first-order valence-corrected chi connectivity index (χ1v) is 10.1. The number of hydrogen-bond acceptors (Lipinski definition) is 5. The molecule has 0 fully saturated rings. The molecule has 30 heavy (non-hydrogen) atoms. The summed E-state index contributed by atoms with van der Waals surface area (Å²) in [5.74, 6) is 0.358. The first-order valence-electron chi connectivity index (χ1n) is 8.95. The van der Waals surface area contributed by atoms with Crippen LogP contribution in [0.1, 0.15) is 16.0 Å². The first-order chi connectivity index (χ1) is 14.5. The predicted octanol–water partition coefficient (Wildman–Crippen LogP) is 5.46. The molecule has 2 aromatic carbocycles. The van der Waals surface area contributed by atoms with Crippen molar-refractivity contribution in [3.8, 4) is 11.5 Å². The number of amides is 1. The van der Waals surface area contributed by atoms with Crippen molar-refractivity contribution >= 4 is 40.1 Å². The summed E-state index contributed by atoms with van der Waals surface area (Å²) in [5.41, 5.74) is 1.98. The van der Waals surface area contributed by atoms with Crippen LogP contribution in [0.25, 0.3) is 6.08 Å². The molecule has 0 spiro atoms. The maximum atomic E-state index is 13.0. The van der Waals surface area contributed by atoms with E-state index < -0.39 is 0 Å². The Morgan fingerprint density at radius 3 is 2.87 bits per heavy atom. The van der Waals surface area contributed by atoms with E-state index in [1.54, 1.807) is 42.6 Å². The third-order valence-corrected chi connectivity index (χ3v) is 5.47. The molecule has 152 valence electrons. The highest BCUT2D eigenvalue weighted by atomic mass is 35.5. The van der Waals surface area contributed by atoms with Gasteiger partial charge in [-0.2, -0.15) is 0 Å². The SMILES string of the molecule is COc1cc(Cl)cc2c1OC=CC(C(=O)Nc1ncc(Cc3ccc(F)cc3)s1)=C2. The Morgan fingerprint density at radius 1 is 1.30 bits per heavy atom. The standard InChI is InChI=1S/C22H16ClFN2O3S/c1-28-19-11-16(23)10-15-9-14(6-7-29-20(15)19)21(27)26-22-25-12-18(30-22)8-13-2-4-17(24)5-3-13/h2-7,9-12H,8H2,1H3,(H,25,26,27). The van der Waals surface area contributed by atoms with Crippen molar-refractivity contribution in [1.29, 1.82) is 0 Å². The molecule has 0 aliphatic carbocycles. The molecule has 4 rings (SSSR count). The average molecular weight is 443 g/mol. The van der Waals surface area contributed by atoms with Crippen LogP contribution < -0.4 is 14.8 Å². The summed E-state index contributed by atoms with van der Waals surface area (Å²) in [7, 11) is 1.52. The fraction of sp³-hybridized carbons (Fsp3) is 0.0909. The molecule has 0 saturated heterocycles. The molecule has 1 amide bonds. The maximum absolute atomic E-state index is 13.0. The van der Waals surface area contributed by atoms with Gasteiger partial charge in [0.2, 0.25) is 0 Å². The van der Waals surface area contributed by atoms with Crippen molar-refractivity contribution in [2.45, 2.75) is 6.42 Å². The molecule has 0 radical (unpaired) electrons. The quantitative estimate of drug-likeness (QED) is 0.569. The first kappa shape index (κ1) is 20.1. The van der Waals surface area contributed by atoms with E-state index in [0.717, 1.165) is 10.4 Å². The highest BCUT2D eigenvalue weighted by Gasteiger charge is 2.17. The van der Waals surface area contributed by atoms with Gasteiger partial charge in [-0.25, -0.2) is 9.37 Å². The van der Waals surface area contributed by atoms with Crippen LogP contribution >= 0.6 is 22.9 Å². The largest absolute Gasteiger partial charge is 0.493 e. The summed E-state index contributed by atoms with van der Waals surface area (Å²) in [6.45, 7) is 0. The topological polar surface area (TPSA) is 60.5 Å². The number of methoxy groups -OCH3 is 1. The van der Waals surface area contributed by atoms with Crippen molar-refractivity contribution in [2.75, 3.05) is 12.4 Å². The van der Waals surface area contributed by atoms with Crippen LogP contribution in [0.15, 0.2) is 60.5 Å². The van der Waals surface area contributed by atoms with Crippen LogP contribution in [0.4, 0.5) is 9.52 Å². The number of benzene rings is 2. The highest BCUT2D eigenvalue weighted by Crippen LogP contribution is 2.37. The van der Waals surface area contributed by atoms with Crippen LogP contribution in [0.2, 0.25) is 5.02 Å². The molecule has 5 nitrogen and oxygen atoms in total. The lowest BCUT2D eigenvalue weighted by molar-refractivity contribution is -0.112. The third-order valence-electron chi connectivity index (χ3n) is 4.34. The number of thiazole rings is 1. The fourth-order valence-electron chi connectivity index (χ4n) is 2.93. The number of carbonyl (C=O) groups excluding carboxylic acids is 1. The molecule has 1 N–H and O–H groups in total. The zero-order valence-electron chi connectivity index (χ0n) is 15.8. The second-order valence-electron chi connectivity index (χ2n) is 6.44. The lowest BCUT2D eigenvalue weighted by Gasteiger charge is -2.10. The van der Waals surface area contributed by atoms with Crippen molar-refractivity contribution < 1.29 is 18.7 Å². The number of rotatable bonds is 5. The molecule has 0 saturated carbocycles. The second kappa shape index (κ2) is 8.69. The smallest absolute Gasteiger partial charge is 0.257 e. The lowest BCUT2D eigenvalue weighted by atomic mass is 10.1. The monoisotopic (exact) mass is 442 g/mol. The molecule has 2 heterocycles. The Balaban J connectivity index is 1.51. The van der Waals surface area contributed by atoms with Gasteiger partial charge in [-0.3, -0.25) is 10.1 Å². The van der Waals surface area contributed by atoms with E-state index in [4.69, 9.17) is 21.1 Å². The Hall–Kier alpha value is -3.16. The number of aromatic nitrogens is 1. The van der Waals surface area contributed by atoms with Gasteiger partial charge >= 0.3 is 0 Å². The number of nitrogens with one attached hydrogen (secondary N) is 1. The summed E-state index contributed by atoms with van der Waals surface area (Å²) in [6, 6.07) is 9.64. The van der Waals surface area contributed by atoms with Gasteiger partial charge < -0.3 is 9.47 Å². The number of ether oxygens (including phenoxy) is 2. The molecule has 0 atom stereocenters. The summed E-state index contributed by atoms with van der Waals surface area (Å²) in [4.78, 5) is 18.0. The van der Waals surface area contributed by atoms with E-state index in [1.807, 2.05) is 0 Å². The lowest BCUT2D eigenvalue weighted by Crippen LogP contribution is -2.12. The number of anilines is 1. The number of halogens is 2. The summed E-state index contributed by atoms with van der Waals surface area (Å²) in [6.07, 6.45) is 6.97. The number of fused-ring (bicyclic) bond motifs is 1. The molecule has 1 aliphatic rings. The van der Waals surface area contributed by atoms with E-state index >= 15 is 0 Å². The molecule has 1 aliphatic heterocycles. The fourth-order valence-corrected chi connectivity index (χ4v) is 3.98. The van der Waals surface area contributed by atoms with Crippen LogP contribution in [0, 0.1) is 5.82 Å². The Bertz CT molecular complexity index is 1160. The van der Waals surface area contributed by atoms with Gasteiger partial charge in [0.05, 0.1) is 13.4 Å². The van der Waals surface area contributed by atoms with Crippen LogP contribution in [0.5, 0.6) is 11.5 Å². The van der Waals surface area contributed by atoms with Gasteiger partial charge in [0.15, 0.2) is 16.6 Å².